The molecule has 1 amide bonds. The molecule has 0 bridgehead atoms. The topological polar surface area (TPSA) is 95.9 Å². The van der Waals surface area contributed by atoms with E-state index >= 15 is 0 Å². The highest BCUT2D eigenvalue weighted by Gasteiger charge is 2.20. The van der Waals surface area contributed by atoms with E-state index in [4.69, 9.17) is 4.74 Å². The van der Waals surface area contributed by atoms with Crippen molar-refractivity contribution in [3.63, 3.8) is 0 Å². The fourth-order valence-electron chi connectivity index (χ4n) is 9.73. The smallest absolute Gasteiger partial charge is 0.305 e. The molecular formula is C63H121NO5. The van der Waals surface area contributed by atoms with Gasteiger partial charge in [0.1, 0.15) is 0 Å². The number of unbranched alkanes of at least 4 members (excludes halogenated alkanes) is 43. The molecule has 0 aromatic rings. The molecule has 2 atom stereocenters. The van der Waals surface area contributed by atoms with Gasteiger partial charge >= 0.3 is 5.97 Å². The van der Waals surface area contributed by atoms with Gasteiger partial charge in [-0.15, -0.1) is 0 Å². The zero-order valence-electron chi connectivity index (χ0n) is 46.6. The van der Waals surface area contributed by atoms with Gasteiger partial charge in [-0.3, -0.25) is 9.59 Å². The average Bonchev–Trinajstić information content (AvgIpc) is 3.35. The Morgan fingerprint density at radius 3 is 1.13 bits per heavy atom. The third-order valence-electron chi connectivity index (χ3n) is 14.5. The Morgan fingerprint density at radius 1 is 0.406 bits per heavy atom. The van der Waals surface area contributed by atoms with Gasteiger partial charge in [-0.2, -0.15) is 0 Å². The SMILES string of the molecule is CCCCC/C=C\C/C=C\CCCCCCCCCC(=O)OCCCCCCCCCCCCCCCCCCCCC(=O)NC(CO)C(O)CCCCCCCCCCCCCCCCCCC. The molecule has 0 aliphatic heterocycles. The molecule has 6 heteroatoms. The maximum absolute atomic E-state index is 12.5. The summed E-state index contributed by atoms with van der Waals surface area (Å²) in [5.41, 5.74) is 0. The van der Waals surface area contributed by atoms with Crippen LogP contribution < -0.4 is 5.32 Å². The van der Waals surface area contributed by atoms with Gasteiger partial charge in [-0.1, -0.05) is 295 Å². The van der Waals surface area contributed by atoms with Crippen LogP contribution in [0.25, 0.3) is 0 Å². The van der Waals surface area contributed by atoms with Crippen molar-refractivity contribution in [3.05, 3.63) is 24.3 Å². The Morgan fingerprint density at radius 2 is 0.725 bits per heavy atom. The fourth-order valence-corrected chi connectivity index (χ4v) is 9.73. The minimum Gasteiger partial charge on any atom is -0.466 e. The molecule has 2 unspecified atom stereocenters. The number of aliphatic hydroxyl groups excluding tert-OH is 2. The van der Waals surface area contributed by atoms with Gasteiger partial charge in [0.15, 0.2) is 0 Å². The molecule has 0 heterocycles. The maximum Gasteiger partial charge on any atom is 0.305 e. The van der Waals surface area contributed by atoms with E-state index in [-0.39, 0.29) is 18.5 Å². The van der Waals surface area contributed by atoms with Crippen LogP contribution in [0.1, 0.15) is 341 Å². The molecule has 69 heavy (non-hydrogen) atoms. The summed E-state index contributed by atoms with van der Waals surface area (Å²) >= 11 is 0. The molecule has 0 aliphatic rings. The van der Waals surface area contributed by atoms with Gasteiger partial charge in [0.25, 0.3) is 0 Å². The maximum atomic E-state index is 12.5. The number of ether oxygens (including phenoxy) is 1. The number of carbonyl (C=O) groups excluding carboxylic acids is 2. The number of carbonyl (C=O) groups is 2. The average molecular weight is 973 g/mol. The van der Waals surface area contributed by atoms with Crippen LogP contribution >= 0.6 is 0 Å². The van der Waals surface area contributed by atoms with E-state index in [1.54, 1.807) is 0 Å². The van der Waals surface area contributed by atoms with E-state index in [9.17, 15) is 19.8 Å². The number of allylic oxidation sites excluding steroid dienone is 4. The monoisotopic (exact) mass is 972 g/mol. The standard InChI is InChI=1S/C63H121NO5/c1-3-5-7-9-11-13-15-17-19-23-27-31-35-39-43-47-51-55-61(66)60(59-65)64-62(67)56-52-48-44-40-36-32-28-25-21-22-26-30-34-38-42-46-50-54-58-69-63(68)57-53-49-45-41-37-33-29-24-20-18-16-14-12-10-8-6-4-2/h12,14,18,20,60-61,65-66H,3-11,13,15-17,19,21-59H2,1-2H3,(H,64,67)/b14-12-,20-18-. The lowest BCUT2D eigenvalue weighted by molar-refractivity contribution is -0.143. The van der Waals surface area contributed by atoms with Gasteiger partial charge in [0.05, 0.1) is 25.4 Å². The molecule has 3 N–H and O–H groups in total. The second-order valence-electron chi connectivity index (χ2n) is 21.4. The van der Waals surface area contributed by atoms with Gasteiger partial charge < -0.3 is 20.3 Å². The number of hydrogen-bond donors (Lipinski definition) is 3. The third kappa shape index (κ3) is 55.5. The van der Waals surface area contributed by atoms with Crippen molar-refractivity contribution in [2.45, 2.75) is 353 Å². The predicted molar refractivity (Wildman–Crippen MR) is 301 cm³/mol. The molecule has 0 aromatic carbocycles. The Hall–Kier alpha value is -1.66. The van der Waals surface area contributed by atoms with Crippen molar-refractivity contribution in [1.82, 2.24) is 5.32 Å². The number of nitrogens with one attached hydrogen (secondary N) is 1. The third-order valence-corrected chi connectivity index (χ3v) is 14.5. The minimum absolute atomic E-state index is 0.000206. The predicted octanol–water partition coefficient (Wildman–Crippen LogP) is 19.4. The van der Waals surface area contributed by atoms with Crippen LogP contribution in [0.3, 0.4) is 0 Å². The van der Waals surface area contributed by atoms with Gasteiger partial charge in [0, 0.05) is 12.8 Å². The molecule has 0 aromatic heterocycles. The van der Waals surface area contributed by atoms with Crippen LogP contribution in [0.5, 0.6) is 0 Å². The lowest BCUT2D eigenvalue weighted by Gasteiger charge is -2.22. The molecule has 408 valence electrons. The summed E-state index contributed by atoms with van der Waals surface area (Å²) in [6.45, 7) is 4.94. The molecule has 0 fully saturated rings. The zero-order chi connectivity index (χ0) is 50.0. The summed E-state index contributed by atoms with van der Waals surface area (Å²) in [5.74, 6) is -0.0364. The first-order chi connectivity index (χ1) is 34.0. The van der Waals surface area contributed by atoms with E-state index in [0.717, 1.165) is 51.4 Å². The summed E-state index contributed by atoms with van der Waals surface area (Å²) in [5, 5.41) is 23.3. The molecule has 0 radical (unpaired) electrons. The van der Waals surface area contributed by atoms with Crippen LogP contribution in [0, 0.1) is 0 Å². The lowest BCUT2D eigenvalue weighted by atomic mass is 10.0. The van der Waals surface area contributed by atoms with E-state index in [0.29, 0.717) is 25.9 Å². The largest absolute Gasteiger partial charge is 0.466 e. The normalized spacial score (nSPS) is 12.7. The van der Waals surface area contributed by atoms with E-state index in [1.165, 1.54) is 257 Å². The van der Waals surface area contributed by atoms with Gasteiger partial charge in [-0.05, 0) is 57.8 Å². The molecule has 0 spiro atoms. The second-order valence-corrected chi connectivity index (χ2v) is 21.4. The summed E-state index contributed by atoms with van der Waals surface area (Å²) < 4.78 is 5.49. The van der Waals surface area contributed by atoms with Gasteiger partial charge in [-0.25, -0.2) is 0 Å². The highest BCUT2D eigenvalue weighted by atomic mass is 16.5. The first kappa shape index (κ1) is 67.3. The molecule has 0 saturated carbocycles. The van der Waals surface area contributed by atoms with Crippen molar-refractivity contribution in [3.8, 4) is 0 Å². The highest BCUT2D eigenvalue weighted by Crippen LogP contribution is 2.18. The van der Waals surface area contributed by atoms with Crippen molar-refractivity contribution < 1.29 is 24.5 Å². The van der Waals surface area contributed by atoms with Gasteiger partial charge in [0.2, 0.25) is 5.91 Å². The van der Waals surface area contributed by atoms with Crippen molar-refractivity contribution >= 4 is 11.9 Å². The van der Waals surface area contributed by atoms with Crippen LogP contribution in [-0.2, 0) is 14.3 Å². The minimum atomic E-state index is -0.667. The zero-order valence-corrected chi connectivity index (χ0v) is 46.6. The molecule has 6 nitrogen and oxygen atoms in total. The Balaban J connectivity index is 3.40. The molecule has 0 aliphatic carbocycles. The van der Waals surface area contributed by atoms with Crippen molar-refractivity contribution in [2.75, 3.05) is 13.2 Å². The summed E-state index contributed by atoms with van der Waals surface area (Å²) in [6.07, 6.45) is 71.7. The number of esters is 1. The van der Waals surface area contributed by atoms with Crippen LogP contribution in [0.4, 0.5) is 0 Å². The van der Waals surface area contributed by atoms with E-state index in [2.05, 4.69) is 43.5 Å². The highest BCUT2D eigenvalue weighted by molar-refractivity contribution is 5.76. The fraction of sp³-hybridized carbons (Fsp3) is 0.905. The Bertz CT molecular complexity index is 1080. The van der Waals surface area contributed by atoms with E-state index < -0.39 is 12.1 Å². The number of rotatable bonds is 58. The van der Waals surface area contributed by atoms with Crippen molar-refractivity contribution in [1.29, 1.82) is 0 Å². The van der Waals surface area contributed by atoms with Crippen LogP contribution in [0.2, 0.25) is 0 Å². The van der Waals surface area contributed by atoms with E-state index in [1.807, 2.05) is 0 Å². The Labute approximate surface area is 431 Å². The number of hydrogen-bond acceptors (Lipinski definition) is 5. The number of aliphatic hydroxyl groups is 2. The lowest BCUT2D eigenvalue weighted by Crippen LogP contribution is -2.45. The number of amides is 1. The first-order valence-electron chi connectivity index (χ1n) is 31.1. The van der Waals surface area contributed by atoms with Crippen LogP contribution in [-0.4, -0.2) is 47.4 Å². The molecule has 0 rings (SSSR count). The van der Waals surface area contributed by atoms with Crippen molar-refractivity contribution in [2.24, 2.45) is 0 Å². The summed E-state index contributed by atoms with van der Waals surface area (Å²) in [4.78, 5) is 24.6. The first-order valence-corrected chi connectivity index (χ1v) is 31.1. The second kappa shape index (κ2) is 58.9. The quantitative estimate of drug-likeness (QED) is 0.0321. The Kier molecular flexibility index (Phi) is 57.5. The van der Waals surface area contributed by atoms with Crippen LogP contribution in [0.15, 0.2) is 24.3 Å². The summed E-state index contributed by atoms with van der Waals surface area (Å²) in [6, 6.07) is -0.545. The molecular weight excluding hydrogens is 851 g/mol. The summed E-state index contributed by atoms with van der Waals surface area (Å²) in [7, 11) is 0. The molecule has 0 saturated heterocycles.